The average molecular weight is 377 g/mol. The summed E-state index contributed by atoms with van der Waals surface area (Å²) < 4.78 is 0. The van der Waals surface area contributed by atoms with Crippen LogP contribution in [0.25, 0.3) is 11.1 Å². The highest BCUT2D eigenvalue weighted by atomic mass is 35.5. The van der Waals surface area contributed by atoms with E-state index >= 15 is 0 Å². The quantitative estimate of drug-likeness (QED) is 0.618. The zero-order valence-corrected chi connectivity index (χ0v) is 15.7. The number of carbonyl (C=O) groups excluding carboxylic acids is 1. The molecular formula is C23H21ClN2O. The molecule has 0 spiro atoms. The molecule has 4 rings (SSSR count). The van der Waals surface area contributed by atoms with Crippen molar-refractivity contribution < 1.29 is 4.79 Å². The van der Waals surface area contributed by atoms with Gasteiger partial charge in [-0.25, -0.2) is 0 Å². The van der Waals surface area contributed by atoms with Crippen molar-refractivity contribution in [2.45, 2.75) is 12.8 Å². The first-order valence-corrected chi connectivity index (χ1v) is 9.60. The molecule has 0 saturated carbocycles. The highest BCUT2D eigenvalue weighted by Crippen LogP contribution is 2.36. The molecule has 3 nitrogen and oxygen atoms in total. The summed E-state index contributed by atoms with van der Waals surface area (Å²) in [6.07, 6.45) is 2.30. The molecule has 3 aromatic carbocycles. The van der Waals surface area contributed by atoms with E-state index in [9.17, 15) is 4.79 Å². The first kappa shape index (κ1) is 17.6. The second-order valence-electron chi connectivity index (χ2n) is 6.73. The maximum Gasteiger partial charge on any atom is 0.255 e. The van der Waals surface area contributed by atoms with Gasteiger partial charge >= 0.3 is 0 Å². The third kappa shape index (κ3) is 3.83. The molecule has 0 radical (unpaired) electrons. The zero-order chi connectivity index (χ0) is 18.6. The normalized spacial score (nSPS) is 13.6. The summed E-state index contributed by atoms with van der Waals surface area (Å²) in [6, 6.07) is 23.5. The number of anilines is 2. The molecule has 1 aliphatic rings. The van der Waals surface area contributed by atoms with Crippen LogP contribution in [-0.2, 0) is 0 Å². The summed E-state index contributed by atoms with van der Waals surface area (Å²) in [5, 5.41) is 3.71. The van der Waals surface area contributed by atoms with Gasteiger partial charge < -0.3 is 10.2 Å². The standard InChI is InChI=1S/C23H21ClN2O/c24-20-9-6-10-21(22(20)26-15-4-5-16-26)25-23(27)19-13-11-18(12-14-19)17-7-2-1-3-8-17/h1-3,6-14H,4-5,15-16H2,(H,25,27). The number of rotatable bonds is 4. The van der Waals surface area contributed by atoms with Gasteiger partial charge in [0.05, 0.1) is 16.4 Å². The van der Waals surface area contributed by atoms with Crippen molar-refractivity contribution in [3.63, 3.8) is 0 Å². The fourth-order valence-electron chi connectivity index (χ4n) is 3.52. The summed E-state index contributed by atoms with van der Waals surface area (Å²) >= 11 is 6.43. The number of benzene rings is 3. The third-order valence-electron chi connectivity index (χ3n) is 4.91. The fraction of sp³-hybridized carbons (Fsp3) is 0.174. The van der Waals surface area contributed by atoms with E-state index in [-0.39, 0.29) is 5.91 Å². The molecule has 1 amide bonds. The van der Waals surface area contributed by atoms with Crippen molar-refractivity contribution in [2.24, 2.45) is 0 Å². The predicted molar refractivity (Wildman–Crippen MR) is 113 cm³/mol. The SMILES string of the molecule is O=C(Nc1cccc(Cl)c1N1CCCC1)c1ccc(-c2ccccc2)cc1. The molecular weight excluding hydrogens is 356 g/mol. The molecule has 1 fully saturated rings. The summed E-state index contributed by atoms with van der Waals surface area (Å²) in [5.74, 6) is -0.127. The summed E-state index contributed by atoms with van der Waals surface area (Å²) in [7, 11) is 0. The maximum absolute atomic E-state index is 12.8. The van der Waals surface area contributed by atoms with Crippen LogP contribution in [0.1, 0.15) is 23.2 Å². The highest BCUT2D eigenvalue weighted by molar-refractivity contribution is 6.34. The minimum atomic E-state index is -0.127. The first-order valence-electron chi connectivity index (χ1n) is 9.23. The van der Waals surface area contributed by atoms with Crippen LogP contribution in [0.2, 0.25) is 5.02 Å². The average Bonchev–Trinajstić information content (AvgIpc) is 3.23. The molecule has 1 aliphatic heterocycles. The van der Waals surface area contributed by atoms with Gasteiger partial charge in [0, 0.05) is 18.7 Å². The van der Waals surface area contributed by atoms with Gasteiger partial charge in [-0.1, -0.05) is 60.1 Å². The Hall–Kier alpha value is -2.78. The number of nitrogens with zero attached hydrogens (tertiary/aromatic N) is 1. The largest absolute Gasteiger partial charge is 0.369 e. The minimum absolute atomic E-state index is 0.127. The van der Waals surface area contributed by atoms with Crippen molar-refractivity contribution in [3.05, 3.63) is 83.4 Å². The molecule has 0 atom stereocenters. The summed E-state index contributed by atoms with van der Waals surface area (Å²) in [4.78, 5) is 15.0. The lowest BCUT2D eigenvalue weighted by Crippen LogP contribution is -2.21. The highest BCUT2D eigenvalue weighted by Gasteiger charge is 2.20. The molecule has 3 aromatic rings. The Kier molecular flexibility index (Phi) is 5.12. The van der Waals surface area contributed by atoms with E-state index in [0.29, 0.717) is 10.6 Å². The van der Waals surface area contributed by atoms with Crippen LogP contribution < -0.4 is 10.2 Å². The van der Waals surface area contributed by atoms with Gasteiger partial charge in [-0.3, -0.25) is 4.79 Å². The lowest BCUT2D eigenvalue weighted by molar-refractivity contribution is 0.102. The lowest BCUT2D eigenvalue weighted by atomic mass is 10.0. The van der Waals surface area contributed by atoms with Gasteiger partial charge in [-0.05, 0) is 48.2 Å². The van der Waals surface area contributed by atoms with E-state index in [2.05, 4.69) is 22.3 Å². The second-order valence-corrected chi connectivity index (χ2v) is 7.13. The Morgan fingerprint density at radius 3 is 2.19 bits per heavy atom. The van der Waals surface area contributed by atoms with E-state index in [1.807, 2.05) is 60.7 Å². The van der Waals surface area contributed by atoms with Crippen LogP contribution in [0.5, 0.6) is 0 Å². The summed E-state index contributed by atoms with van der Waals surface area (Å²) in [6.45, 7) is 1.94. The number of hydrogen-bond acceptors (Lipinski definition) is 2. The predicted octanol–water partition coefficient (Wildman–Crippen LogP) is 5.86. The second kappa shape index (κ2) is 7.85. The fourth-order valence-corrected chi connectivity index (χ4v) is 3.81. The number of halogens is 1. The van der Waals surface area contributed by atoms with E-state index in [4.69, 9.17) is 11.6 Å². The van der Waals surface area contributed by atoms with Crippen molar-refractivity contribution in [3.8, 4) is 11.1 Å². The molecule has 27 heavy (non-hydrogen) atoms. The van der Waals surface area contributed by atoms with E-state index < -0.39 is 0 Å². The van der Waals surface area contributed by atoms with E-state index in [0.717, 1.165) is 48.4 Å². The van der Waals surface area contributed by atoms with Crippen molar-refractivity contribution in [1.29, 1.82) is 0 Å². The van der Waals surface area contributed by atoms with Crippen LogP contribution in [-0.4, -0.2) is 19.0 Å². The maximum atomic E-state index is 12.8. The van der Waals surface area contributed by atoms with E-state index in [1.165, 1.54) is 0 Å². The van der Waals surface area contributed by atoms with Crippen LogP contribution >= 0.6 is 11.6 Å². The van der Waals surface area contributed by atoms with Gasteiger partial charge in [0.2, 0.25) is 0 Å². The number of nitrogens with one attached hydrogen (secondary N) is 1. The minimum Gasteiger partial charge on any atom is -0.369 e. The molecule has 0 bridgehead atoms. The molecule has 0 aliphatic carbocycles. The Morgan fingerprint density at radius 1 is 0.815 bits per heavy atom. The van der Waals surface area contributed by atoms with Gasteiger partial charge in [0.25, 0.3) is 5.91 Å². The smallest absolute Gasteiger partial charge is 0.255 e. The van der Waals surface area contributed by atoms with Crippen LogP contribution in [0, 0.1) is 0 Å². The molecule has 1 saturated heterocycles. The van der Waals surface area contributed by atoms with Crippen molar-refractivity contribution >= 4 is 28.9 Å². The number of amides is 1. The van der Waals surface area contributed by atoms with Gasteiger partial charge in [-0.15, -0.1) is 0 Å². The molecule has 4 heteroatoms. The number of hydrogen-bond donors (Lipinski definition) is 1. The van der Waals surface area contributed by atoms with E-state index in [1.54, 1.807) is 0 Å². The third-order valence-corrected chi connectivity index (χ3v) is 5.22. The Labute approximate surface area is 164 Å². The molecule has 0 aromatic heterocycles. The number of para-hydroxylation sites is 1. The van der Waals surface area contributed by atoms with Gasteiger partial charge in [-0.2, -0.15) is 0 Å². The van der Waals surface area contributed by atoms with Gasteiger partial charge in [0.1, 0.15) is 0 Å². The van der Waals surface area contributed by atoms with Crippen LogP contribution in [0.3, 0.4) is 0 Å². The molecule has 0 unspecified atom stereocenters. The topological polar surface area (TPSA) is 32.3 Å². The zero-order valence-electron chi connectivity index (χ0n) is 15.0. The Bertz CT molecular complexity index is 932. The molecule has 1 N–H and O–H groups in total. The molecule has 1 heterocycles. The van der Waals surface area contributed by atoms with Crippen molar-refractivity contribution in [2.75, 3.05) is 23.3 Å². The monoisotopic (exact) mass is 376 g/mol. The van der Waals surface area contributed by atoms with Crippen LogP contribution in [0.15, 0.2) is 72.8 Å². The Morgan fingerprint density at radius 2 is 1.48 bits per heavy atom. The Balaban J connectivity index is 1.55. The summed E-state index contributed by atoms with van der Waals surface area (Å²) in [5.41, 5.74) is 4.54. The molecule has 136 valence electrons. The number of carbonyl (C=O) groups is 1. The lowest BCUT2D eigenvalue weighted by Gasteiger charge is -2.23. The first-order chi connectivity index (χ1) is 13.2. The van der Waals surface area contributed by atoms with Crippen molar-refractivity contribution in [1.82, 2.24) is 0 Å². The van der Waals surface area contributed by atoms with Gasteiger partial charge in [0.15, 0.2) is 0 Å². The van der Waals surface area contributed by atoms with Crippen LogP contribution in [0.4, 0.5) is 11.4 Å².